The Bertz CT molecular complexity index is 1010. The van der Waals surface area contributed by atoms with Crippen LogP contribution < -0.4 is 9.64 Å². The second-order valence-corrected chi connectivity index (χ2v) is 9.86. The van der Waals surface area contributed by atoms with E-state index < -0.39 is 6.04 Å². The van der Waals surface area contributed by atoms with Gasteiger partial charge in [0.05, 0.1) is 18.7 Å². The normalized spacial score (nSPS) is 16.3. The molecule has 0 aromatic heterocycles. The minimum absolute atomic E-state index is 0.0303. The molecule has 33 heavy (non-hydrogen) atoms. The minimum Gasteiger partial charge on any atom is -0.494 e. The predicted octanol–water partition coefficient (Wildman–Crippen LogP) is 4.88. The summed E-state index contributed by atoms with van der Waals surface area (Å²) in [6.07, 6.45) is 0.790. The van der Waals surface area contributed by atoms with Crippen molar-refractivity contribution in [2.45, 2.75) is 53.0 Å². The van der Waals surface area contributed by atoms with E-state index in [0.29, 0.717) is 36.0 Å². The highest BCUT2D eigenvalue weighted by Crippen LogP contribution is 2.29. The fraction of sp³-hybridized carbons (Fsp3) is 0.423. The van der Waals surface area contributed by atoms with Gasteiger partial charge in [-0.3, -0.25) is 14.4 Å². The Labute approximate surface area is 200 Å². The van der Waals surface area contributed by atoms with Crippen LogP contribution in [-0.4, -0.2) is 41.8 Å². The van der Waals surface area contributed by atoms with Crippen LogP contribution in [0.4, 0.5) is 5.69 Å². The molecule has 0 bridgehead atoms. The van der Waals surface area contributed by atoms with Crippen LogP contribution in [0.2, 0.25) is 5.02 Å². The van der Waals surface area contributed by atoms with Crippen molar-refractivity contribution in [1.82, 2.24) is 4.90 Å². The molecule has 6 nitrogen and oxygen atoms in total. The van der Waals surface area contributed by atoms with Crippen LogP contribution in [0.15, 0.2) is 48.5 Å². The molecule has 1 unspecified atom stereocenters. The van der Waals surface area contributed by atoms with Crippen LogP contribution in [0.5, 0.6) is 5.75 Å². The first-order valence-electron chi connectivity index (χ1n) is 11.2. The Kier molecular flexibility index (Phi) is 7.80. The minimum atomic E-state index is -0.821. The van der Waals surface area contributed by atoms with Gasteiger partial charge in [0.25, 0.3) is 5.91 Å². The Morgan fingerprint density at radius 3 is 2.45 bits per heavy atom. The Balaban J connectivity index is 1.83. The van der Waals surface area contributed by atoms with E-state index in [2.05, 4.69) is 0 Å². The average molecular weight is 471 g/mol. The van der Waals surface area contributed by atoms with Gasteiger partial charge in [-0.25, -0.2) is 4.90 Å². The molecule has 7 heteroatoms. The number of benzene rings is 2. The van der Waals surface area contributed by atoms with Gasteiger partial charge >= 0.3 is 0 Å². The van der Waals surface area contributed by atoms with Gasteiger partial charge in [-0.2, -0.15) is 0 Å². The predicted molar refractivity (Wildman–Crippen MR) is 129 cm³/mol. The summed E-state index contributed by atoms with van der Waals surface area (Å²) >= 11 is 6.10. The summed E-state index contributed by atoms with van der Waals surface area (Å²) in [6.45, 7) is 8.69. The van der Waals surface area contributed by atoms with Gasteiger partial charge in [-0.1, -0.05) is 44.5 Å². The lowest BCUT2D eigenvalue weighted by Crippen LogP contribution is -2.47. The summed E-state index contributed by atoms with van der Waals surface area (Å²) in [5.74, 6) is -0.160. The van der Waals surface area contributed by atoms with Gasteiger partial charge in [0.15, 0.2) is 0 Å². The molecule has 0 aliphatic carbocycles. The molecule has 2 aromatic carbocycles. The number of halogens is 1. The van der Waals surface area contributed by atoms with Crippen molar-refractivity contribution in [1.29, 1.82) is 0 Å². The van der Waals surface area contributed by atoms with Gasteiger partial charge in [-0.05, 0) is 60.7 Å². The van der Waals surface area contributed by atoms with E-state index in [1.807, 2.05) is 45.9 Å². The highest BCUT2D eigenvalue weighted by atomic mass is 35.5. The van der Waals surface area contributed by atoms with Crippen molar-refractivity contribution in [2.24, 2.45) is 5.41 Å². The molecule has 2 aromatic rings. The first-order valence-corrected chi connectivity index (χ1v) is 11.6. The molecule has 0 spiro atoms. The summed E-state index contributed by atoms with van der Waals surface area (Å²) in [7, 11) is 0. The van der Waals surface area contributed by atoms with Crippen LogP contribution in [0.25, 0.3) is 0 Å². The van der Waals surface area contributed by atoms with E-state index in [-0.39, 0.29) is 36.0 Å². The number of nitrogens with zero attached hydrogens (tertiary/aromatic N) is 2. The fourth-order valence-corrected chi connectivity index (χ4v) is 4.15. The van der Waals surface area contributed by atoms with Crippen molar-refractivity contribution < 1.29 is 19.1 Å². The van der Waals surface area contributed by atoms with E-state index in [9.17, 15) is 14.4 Å². The molecule has 3 rings (SSSR count). The number of amides is 3. The topological polar surface area (TPSA) is 66.9 Å². The second kappa shape index (κ2) is 10.4. The molecule has 1 fully saturated rings. The molecule has 0 radical (unpaired) electrons. The van der Waals surface area contributed by atoms with Crippen molar-refractivity contribution in [2.75, 3.05) is 18.1 Å². The Morgan fingerprint density at radius 2 is 1.85 bits per heavy atom. The lowest BCUT2D eigenvalue weighted by Gasteiger charge is -2.30. The number of carbonyl (C=O) groups excluding carboxylic acids is 3. The summed E-state index contributed by atoms with van der Waals surface area (Å²) in [5, 5.41) is 0.619. The molecule has 176 valence electrons. The molecule has 0 saturated carbocycles. The maximum Gasteiger partial charge on any atom is 0.257 e. The van der Waals surface area contributed by atoms with Gasteiger partial charge in [-0.15, -0.1) is 0 Å². The monoisotopic (exact) mass is 470 g/mol. The summed E-state index contributed by atoms with van der Waals surface area (Å²) in [6, 6.07) is 13.5. The summed E-state index contributed by atoms with van der Waals surface area (Å²) in [4.78, 5) is 42.2. The lowest BCUT2D eigenvalue weighted by atomic mass is 9.91. The first kappa shape index (κ1) is 24.8. The Hall–Kier alpha value is -2.86. The first-order chi connectivity index (χ1) is 15.6. The van der Waals surface area contributed by atoms with Gasteiger partial charge < -0.3 is 9.64 Å². The molecule has 1 aliphatic rings. The summed E-state index contributed by atoms with van der Waals surface area (Å²) < 4.78 is 5.45. The van der Waals surface area contributed by atoms with E-state index in [1.54, 1.807) is 35.2 Å². The molecular formula is C26H31ClN2O4. The van der Waals surface area contributed by atoms with E-state index in [1.165, 1.54) is 4.90 Å². The molecule has 1 heterocycles. The molecule has 1 aliphatic heterocycles. The lowest BCUT2D eigenvalue weighted by molar-refractivity contribution is -0.139. The number of carbonyl (C=O) groups is 3. The zero-order valence-corrected chi connectivity index (χ0v) is 20.4. The standard InChI is InChI=1S/C26H31ClN2O4/c1-5-33-21-11-9-20(10-12-21)29-23(30)16-22(25(29)32)28(24(31)17-26(2,3)4)14-13-18-7-6-8-19(27)15-18/h6-12,15,22H,5,13-14,16-17H2,1-4H3. The molecule has 1 saturated heterocycles. The molecular weight excluding hydrogens is 440 g/mol. The zero-order valence-electron chi connectivity index (χ0n) is 19.6. The number of ether oxygens (including phenoxy) is 1. The number of imide groups is 1. The highest BCUT2D eigenvalue weighted by Gasteiger charge is 2.44. The fourth-order valence-electron chi connectivity index (χ4n) is 3.94. The van der Waals surface area contributed by atoms with Gasteiger partial charge in [0.2, 0.25) is 11.8 Å². The van der Waals surface area contributed by atoms with E-state index >= 15 is 0 Å². The zero-order chi connectivity index (χ0) is 24.2. The van der Waals surface area contributed by atoms with Crippen LogP contribution >= 0.6 is 11.6 Å². The van der Waals surface area contributed by atoms with Gasteiger partial charge in [0, 0.05) is 18.0 Å². The number of hydrogen-bond acceptors (Lipinski definition) is 4. The third-order valence-corrected chi connectivity index (χ3v) is 5.67. The van der Waals surface area contributed by atoms with Crippen LogP contribution in [0, 0.1) is 5.41 Å². The maximum absolute atomic E-state index is 13.4. The van der Waals surface area contributed by atoms with Crippen molar-refractivity contribution in [3.63, 3.8) is 0 Å². The maximum atomic E-state index is 13.4. The molecule has 1 atom stereocenters. The quantitative estimate of drug-likeness (QED) is 0.516. The summed E-state index contributed by atoms with van der Waals surface area (Å²) in [5.41, 5.74) is 1.21. The Morgan fingerprint density at radius 1 is 1.15 bits per heavy atom. The largest absolute Gasteiger partial charge is 0.494 e. The number of rotatable bonds is 8. The second-order valence-electron chi connectivity index (χ2n) is 9.42. The van der Waals surface area contributed by atoms with E-state index in [0.717, 1.165) is 5.56 Å². The number of hydrogen-bond donors (Lipinski definition) is 0. The van der Waals surface area contributed by atoms with Gasteiger partial charge in [0.1, 0.15) is 11.8 Å². The highest BCUT2D eigenvalue weighted by molar-refractivity contribution is 6.30. The smallest absolute Gasteiger partial charge is 0.257 e. The molecule has 3 amide bonds. The van der Waals surface area contributed by atoms with Crippen molar-refractivity contribution in [3.8, 4) is 5.75 Å². The third kappa shape index (κ3) is 6.35. The third-order valence-electron chi connectivity index (χ3n) is 5.44. The van der Waals surface area contributed by atoms with Crippen LogP contribution in [-0.2, 0) is 20.8 Å². The molecule has 0 N–H and O–H groups in total. The van der Waals surface area contributed by atoms with Crippen molar-refractivity contribution in [3.05, 3.63) is 59.1 Å². The van der Waals surface area contributed by atoms with Crippen LogP contribution in [0.1, 0.15) is 46.1 Å². The van der Waals surface area contributed by atoms with Crippen molar-refractivity contribution >= 4 is 35.0 Å². The SMILES string of the molecule is CCOc1ccc(N2C(=O)CC(N(CCc3cccc(Cl)c3)C(=O)CC(C)(C)C)C2=O)cc1. The average Bonchev–Trinajstić information content (AvgIpc) is 3.02. The number of anilines is 1. The van der Waals surface area contributed by atoms with E-state index in [4.69, 9.17) is 16.3 Å². The van der Waals surface area contributed by atoms with Crippen LogP contribution in [0.3, 0.4) is 0 Å².